The van der Waals surface area contributed by atoms with Crippen LogP contribution in [0.25, 0.3) is 0 Å². The van der Waals surface area contributed by atoms with Crippen LogP contribution < -0.4 is 24.8 Å². The smallest absolute Gasteiger partial charge is 0.255 e. The number of β-lactam (4-membered cyclic amide) rings is 1. The van der Waals surface area contributed by atoms with Crippen LogP contribution in [-0.4, -0.2) is 122 Å². The number of nitrogens with one attached hydrogen (secondary N) is 1. The van der Waals surface area contributed by atoms with Gasteiger partial charge in [-0.15, -0.1) is 0 Å². The van der Waals surface area contributed by atoms with Crippen molar-refractivity contribution >= 4 is 40.7 Å². The van der Waals surface area contributed by atoms with E-state index in [-0.39, 0.29) is 41.6 Å². The van der Waals surface area contributed by atoms with Gasteiger partial charge in [0.05, 0.1) is 29.9 Å². The number of methoxy groups -OCH3 is 1. The molecule has 2 N–H and O–H groups in total. The summed E-state index contributed by atoms with van der Waals surface area (Å²) in [7, 11) is 1.58. The molecule has 3 aromatic carbocycles. The largest absolute Gasteiger partial charge is 0.506 e. The molecule has 4 amide bonds. The van der Waals surface area contributed by atoms with Gasteiger partial charge in [0.2, 0.25) is 17.7 Å². The summed E-state index contributed by atoms with van der Waals surface area (Å²) >= 11 is 0. The van der Waals surface area contributed by atoms with Crippen LogP contribution in [0.4, 0.5) is 21.5 Å². The number of carbonyl (C=O) groups is 4. The van der Waals surface area contributed by atoms with Crippen LogP contribution in [0, 0.1) is 23.1 Å². The topological polar surface area (TPSA) is 129 Å². The number of ether oxygens (including phenoxy) is 1. The lowest BCUT2D eigenvalue weighted by Gasteiger charge is -2.53. The monoisotopic (exact) mass is 835 g/mol. The Morgan fingerprint density at radius 2 is 1.43 bits per heavy atom. The molecule has 13 nitrogen and oxygen atoms in total. The van der Waals surface area contributed by atoms with Crippen molar-refractivity contribution in [2.24, 2.45) is 17.3 Å². The number of imide groups is 1. The number of anilines is 3. The zero-order valence-electron chi connectivity index (χ0n) is 35.6. The van der Waals surface area contributed by atoms with Crippen molar-refractivity contribution < 1.29 is 33.4 Å². The third-order valence-corrected chi connectivity index (χ3v) is 14.4. The van der Waals surface area contributed by atoms with E-state index >= 15 is 4.39 Å². The minimum absolute atomic E-state index is 0.00365. The summed E-state index contributed by atoms with van der Waals surface area (Å²) in [5.41, 5.74) is 3.45. The van der Waals surface area contributed by atoms with E-state index in [4.69, 9.17) is 4.74 Å². The van der Waals surface area contributed by atoms with Crippen LogP contribution in [0.15, 0.2) is 54.6 Å². The molecule has 14 heteroatoms. The zero-order valence-corrected chi connectivity index (χ0v) is 35.6. The van der Waals surface area contributed by atoms with Gasteiger partial charge in [0.25, 0.3) is 5.91 Å². The number of aromatic hydroxyl groups is 1. The maximum Gasteiger partial charge on any atom is 0.255 e. The van der Waals surface area contributed by atoms with Crippen molar-refractivity contribution in [2.75, 3.05) is 87.3 Å². The minimum Gasteiger partial charge on any atom is -0.506 e. The van der Waals surface area contributed by atoms with Gasteiger partial charge in [0.1, 0.15) is 23.4 Å². The Kier molecular flexibility index (Phi) is 11.2. The number of carbonyl (C=O) groups excluding carboxylic acids is 4. The normalized spacial score (nSPS) is 24.3. The molecule has 3 aromatic rings. The fraction of sp³-hybridized carbons (Fsp3) is 0.532. The van der Waals surface area contributed by atoms with Crippen LogP contribution in [0.2, 0.25) is 0 Å². The van der Waals surface area contributed by atoms with Crippen molar-refractivity contribution in [3.63, 3.8) is 0 Å². The van der Waals surface area contributed by atoms with Crippen molar-refractivity contribution in [3.05, 3.63) is 77.1 Å². The zero-order chi connectivity index (χ0) is 42.6. The SMILES string of the molecule is COc1cc(N2CCC(CN3CCN(CC4CCN(c5ccc6c(c5)CN(C5CCC(=O)NC5=O)C6=O)CC4)CC3)CC2)c(F)cc1[C@@H]1N(c2ccccc2O)C(=O)C1(C)C. The first-order valence-corrected chi connectivity index (χ1v) is 22.1. The third kappa shape index (κ3) is 7.81. The highest BCUT2D eigenvalue weighted by Gasteiger charge is 2.57. The Bertz CT molecular complexity index is 2190. The summed E-state index contributed by atoms with van der Waals surface area (Å²) in [5, 5.41) is 12.9. The number of para-hydroxylation sites is 2. The molecule has 9 rings (SSSR count). The molecule has 6 aliphatic rings. The summed E-state index contributed by atoms with van der Waals surface area (Å²) < 4.78 is 21.9. The van der Waals surface area contributed by atoms with Gasteiger partial charge >= 0.3 is 0 Å². The van der Waals surface area contributed by atoms with Crippen LogP contribution in [0.5, 0.6) is 11.5 Å². The van der Waals surface area contributed by atoms with Gasteiger partial charge in [-0.25, -0.2) is 4.39 Å². The molecule has 324 valence electrons. The lowest BCUT2D eigenvalue weighted by molar-refractivity contribution is -0.138. The van der Waals surface area contributed by atoms with Gasteiger partial charge in [-0.2, -0.15) is 0 Å². The predicted molar refractivity (Wildman–Crippen MR) is 230 cm³/mol. The first-order valence-electron chi connectivity index (χ1n) is 22.1. The summed E-state index contributed by atoms with van der Waals surface area (Å²) in [6.45, 7) is 14.0. The number of piperidine rings is 3. The fourth-order valence-electron chi connectivity index (χ4n) is 10.8. The fourth-order valence-corrected chi connectivity index (χ4v) is 10.8. The number of phenolic OH excluding ortho intramolecular Hbond substituents is 1. The minimum atomic E-state index is -0.797. The van der Waals surface area contributed by atoms with Crippen LogP contribution in [0.3, 0.4) is 0 Å². The molecule has 6 heterocycles. The van der Waals surface area contributed by atoms with Crippen LogP contribution in [-0.2, 0) is 20.9 Å². The van der Waals surface area contributed by atoms with E-state index in [1.807, 2.05) is 26.0 Å². The molecule has 0 aliphatic carbocycles. The number of halogens is 1. The van der Waals surface area contributed by atoms with Crippen molar-refractivity contribution in [1.29, 1.82) is 0 Å². The van der Waals surface area contributed by atoms with Gasteiger partial charge in [0, 0.05) is 101 Å². The molecule has 6 aliphatic heterocycles. The molecule has 61 heavy (non-hydrogen) atoms. The number of phenols is 1. The van der Waals surface area contributed by atoms with E-state index in [1.165, 1.54) is 6.07 Å². The Morgan fingerprint density at radius 3 is 2.05 bits per heavy atom. The summed E-state index contributed by atoms with van der Waals surface area (Å²) in [6, 6.07) is 15.0. The number of piperazine rings is 1. The molecular formula is C47H58FN7O6. The highest BCUT2D eigenvalue weighted by Crippen LogP contribution is 2.55. The second kappa shape index (κ2) is 16.6. The van der Waals surface area contributed by atoms with Crippen molar-refractivity contribution in [1.82, 2.24) is 20.0 Å². The van der Waals surface area contributed by atoms with Crippen LogP contribution >= 0.6 is 0 Å². The molecule has 0 saturated carbocycles. The Balaban J connectivity index is 0.723. The van der Waals surface area contributed by atoms with E-state index < -0.39 is 17.5 Å². The second-order valence-corrected chi connectivity index (χ2v) is 18.5. The maximum absolute atomic E-state index is 16.0. The molecule has 0 aromatic heterocycles. The number of rotatable bonds is 10. The number of benzene rings is 3. The number of hydrogen-bond donors (Lipinski definition) is 2. The van der Waals surface area contributed by atoms with Gasteiger partial charge in [-0.05, 0) is 99.7 Å². The molecule has 5 saturated heterocycles. The Labute approximate surface area is 357 Å². The lowest BCUT2D eigenvalue weighted by Crippen LogP contribution is -2.61. The van der Waals surface area contributed by atoms with Gasteiger partial charge in [-0.1, -0.05) is 12.1 Å². The van der Waals surface area contributed by atoms with Gasteiger partial charge < -0.3 is 34.3 Å². The highest BCUT2D eigenvalue weighted by atomic mass is 19.1. The van der Waals surface area contributed by atoms with Crippen molar-refractivity contribution in [2.45, 2.75) is 71.0 Å². The molecule has 1 unspecified atom stereocenters. The first-order chi connectivity index (χ1) is 29.4. The van der Waals surface area contributed by atoms with E-state index in [1.54, 1.807) is 47.2 Å². The quantitative estimate of drug-likeness (QED) is 0.209. The molecule has 5 fully saturated rings. The Morgan fingerprint density at radius 1 is 0.787 bits per heavy atom. The van der Waals surface area contributed by atoms with E-state index in [2.05, 4.69) is 31.0 Å². The molecule has 0 bridgehead atoms. The second-order valence-electron chi connectivity index (χ2n) is 18.5. The summed E-state index contributed by atoms with van der Waals surface area (Å²) in [6.07, 6.45) is 4.86. The van der Waals surface area contributed by atoms with E-state index in [0.29, 0.717) is 53.1 Å². The van der Waals surface area contributed by atoms with E-state index in [0.717, 1.165) is 102 Å². The number of amides is 4. The molecular weight excluding hydrogens is 778 g/mol. The van der Waals surface area contributed by atoms with Gasteiger partial charge in [0.15, 0.2) is 0 Å². The summed E-state index contributed by atoms with van der Waals surface area (Å²) in [4.78, 5) is 63.5. The number of hydrogen-bond acceptors (Lipinski definition) is 10. The third-order valence-electron chi connectivity index (χ3n) is 14.4. The Hall–Kier alpha value is -5.21. The summed E-state index contributed by atoms with van der Waals surface area (Å²) in [5.74, 6) is 0.491. The molecule has 2 atom stereocenters. The highest BCUT2D eigenvalue weighted by molar-refractivity contribution is 6.07. The molecule has 0 radical (unpaired) electrons. The van der Waals surface area contributed by atoms with Gasteiger partial charge in [-0.3, -0.25) is 29.4 Å². The first kappa shape index (κ1) is 41.2. The maximum atomic E-state index is 16.0. The standard InChI is InChI=1S/C47H58FN7O6/c1-47(2)43(55(46(47)60)37-6-4-5-7-40(37)56)35-25-36(48)39(26-41(35)61-3)53-18-14-31(15-19-53)28-51-22-20-50(21-23-51)27-30-12-16-52(17-13-30)33-8-9-34-32(24-33)29-54(45(34)59)38-10-11-42(57)49-44(38)58/h4-9,24-26,30-31,38,43,56H,10-23,27-29H2,1-3H3,(H,49,57,58)/t38?,43-/m0/s1. The average Bonchev–Trinajstić information content (AvgIpc) is 3.58. The number of fused-ring (bicyclic) bond motifs is 1. The number of nitrogens with zero attached hydrogens (tertiary/aromatic N) is 6. The van der Waals surface area contributed by atoms with Crippen molar-refractivity contribution in [3.8, 4) is 11.5 Å². The predicted octanol–water partition coefficient (Wildman–Crippen LogP) is 5.17. The molecule has 0 spiro atoms. The van der Waals surface area contributed by atoms with E-state index in [9.17, 15) is 24.3 Å². The van der Waals surface area contributed by atoms with Crippen LogP contribution in [0.1, 0.15) is 79.9 Å². The average molecular weight is 836 g/mol. The lowest BCUT2D eigenvalue weighted by atomic mass is 9.70.